The number of anilines is 1. The van der Waals surface area contributed by atoms with E-state index in [0.717, 1.165) is 29.2 Å². The SMILES string of the molecule is O=C(N[C@H]1CCOC1)[C@@H](c1cncnc1)N(C(=O)[C@H](F)Cl)c1ccc(OC(F)(F)F)cc1. The number of ether oxygens (including phenoxy) is 2. The molecule has 1 fully saturated rings. The van der Waals surface area contributed by atoms with Crippen LogP contribution in [-0.2, 0) is 14.3 Å². The summed E-state index contributed by atoms with van der Waals surface area (Å²) in [6.45, 7) is 0.685. The van der Waals surface area contributed by atoms with Crippen LogP contribution in [0.25, 0.3) is 0 Å². The van der Waals surface area contributed by atoms with Gasteiger partial charge in [0.05, 0.1) is 12.6 Å². The summed E-state index contributed by atoms with van der Waals surface area (Å²) in [5, 5.41) is 2.71. The second-order valence-corrected chi connectivity index (χ2v) is 7.08. The number of nitrogens with zero attached hydrogens (tertiary/aromatic N) is 3. The Morgan fingerprint density at radius 1 is 1.22 bits per heavy atom. The summed E-state index contributed by atoms with van der Waals surface area (Å²) in [6.07, 6.45) is -0.693. The maximum Gasteiger partial charge on any atom is 0.573 e. The Morgan fingerprint density at radius 2 is 1.88 bits per heavy atom. The molecule has 0 unspecified atom stereocenters. The van der Waals surface area contributed by atoms with Crippen LogP contribution in [-0.4, -0.2) is 53.0 Å². The molecule has 8 nitrogen and oxygen atoms in total. The molecule has 1 aromatic carbocycles. The molecule has 3 rings (SSSR count). The van der Waals surface area contributed by atoms with Gasteiger partial charge in [0, 0.05) is 30.3 Å². The van der Waals surface area contributed by atoms with Gasteiger partial charge in [-0.3, -0.25) is 14.5 Å². The smallest absolute Gasteiger partial charge is 0.406 e. The number of benzene rings is 1. The molecule has 172 valence electrons. The van der Waals surface area contributed by atoms with Crippen molar-refractivity contribution in [2.75, 3.05) is 18.1 Å². The van der Waals surface area contributed by atoms with E-state index in [0.29, 0.717) is 13.0 Å². The topological polar surface area (TPSA) is 93.6 Å². The zero-order valence-corrected chi connectivity index (χ0v) is 17.0. The summed E-state index contributed by atoms with van der Waals surface area (Å²) in [4.78, 5) is 34.2. The quantitative estimate of drug-likeness (QED) is 0.488. The third-order valence-electron chi connectivity index (χ3n) is 4.45. The third-order valence-corrected chi connectivity index (χ3v) is 4.64. The fraction of sp³-hybridized carbons (Fsp3) is 0.368. The minimum absolute atomic E-state index is 0.0977. The summed E-state index contributed by atoms with van der Waals surface area (Å²) >= 11 is 5.38. The van der Waals surface area contributed by atoms with Crippen LogP contribution in [0, 0.1) is 0 Å². The number of alkyl halides is 5. The van der Waals surface area contributed by atoms with Crippen LogP contribution in [0.2, 0.25) is 0 Å². The van der Waals surface area contributed by atoms with Crippen LogP contribution in [0.3, 0.4) is 0 Å². The van der Waals surface area contributed by atoms with Gasteiger partial charge in [0.25, 0.3) is 11.5 Å². The van der Waals surface area contributed by atoms with E-state index in [-0.39, 0.29) is 23.9 Å². The van der Waals surface area contributed by atoms with E-state index in [1.807, 2.05) is 0 Å². The van der Waals surface area contributed by atoms with Gasteiger partial charge in [-0.05, 0) is 30.7 Å². The Hall–Kier alpha value is -2.99. The fourth-order valence-corrected chi connectivity index (χ4v) is 3.22. The molecule has 1 saturated heterocycles. The van der Waals surface area contributed by atoms with Crippen LogP contribution < -0.4 is 15.0 Å². The largest absolute Gasteiger partial charge is 0.573 e. The lowest BCUT2D eigenvalue weighted by Crippen LogP contribution is -2.48. The summed E-state index contributed by atoms with van der Waals surface area (Å²) in [5.74, 6) is -2.57. The number of hydrogen-bond donors (Lipinski definition) is 1. The Kier molecular flexibility index (Phi) is 7.46. The average molecular weight is 477 g/mol. The molecule has 1 aliphatic heterocycles. The van der Waals surface area contributed by atoms with Crippen molar-refractivity contribution >= 4 is 29.1 Å². The van der Waals surface area contributed by atoms with E-state index in [1.165, 1.54) is 18.7 Å². The lowest BCUT2D eigenvalue weighted by Gasteiger charge is -2.32. The van der Waals surface area contributed by atoms with Gasteiger partial charge in [-0.2, -0.15) is 0 Å². The van der Waals surface area contributed by atoms with Crippen LogP contribution >= 0.6 is 11.6 Å². The first-order valence-corrected chi connectivity index (χ1v) is 9.69. The third kappa shape index (κ3) is 6.04. The Balaban J connectivity index is 2.00. The molecule has 3 atom stereocenters. The number of carbonyl (C=O) groups is 2. The molecule has 13 heteroatoms. The van der Waals surface area contributed by atoms with Gasteiger partial charge in [-0.25, -0.2) is 14.4 Å². The number of halogens is 5. The molecular weight excluding hydrogens is 460 g/mol. The highest BCUT2D eigenvalue weighted by Crippen LogP contribution is 2.32. The van der Waals surface area contributed by atoms with Crippen LogP contribution in [0.5, 0.6) is 5.75 Å². The van der Waals surface area contributed by atoms with Crippen LogP contribution in [0.1, 0.15) is 18.0 Å². The number of hydrogen-bond acceptors (Lipinski definition) is 6. The van der Waals surface area contributed by atoms with E-state index in [4.69, 9.17) is 16.3 Å². The van der Waals surface area contributed by atoms with Gasteiger partial charge >= 0.3 is 6.36 Å². The Morgan fingerprint density at radius 3 is 2.41 bits per heavy atom. The van der Waals surface area contributed by atoms with Crippen molar-refractivity contribution in [3.05, 3.63) is 48.5 Å². The highest BCUT2D eigenvalue weighted by atomic mass is 35.5. The molecular formula is C19H17ClF4N4O4. The van der Waals surface area contributed by atoms with E-state index >= 15 is 0 Å². The predicted molar refractivity (Wildman–Crippen MR) is 103 cm³/mol. The first kappa shape index (κ1) is 23.7. The van der Waals surface area contributed by atoms with Crippen molar-refractivity contribution in [2.45, 2.75) is 30.5 Å². The molecule has 1 aliphatic rings. The number of carbonyl (C=O) groups excluding carboxylic acids is 2. The van der Waals surface area contributed by atoms with Gasteiger partial charge in [-0.15, -0.1) is 13.2 Å². The van der Waals surface area contributed by atoms with Crippen molar-refractivity contribution in [3.63, 3.8) is 0 Å². The lowest BCUT2D eigenvalue weighted by molar-refractivity contribution is -0.274. The molecule has 2 aromatic rings. The molecule has 0 aliphatic carbocycles. The summed E-state index contributed by atoms with van der Waals surface area (Å²) < 4.78 is 60.3. The van der Waals surface area contributed by atoms with Crippen molar-refractivity contribution < 1.29 is 36.6 Å². The summed E-state index contributed by atoms with van der Waals surface area (Å²) in [7, 11) is 0. The summed E-state index contributed by atoms with van der Waals surface area (Å²) in [5.41, 5.74) is -2.50. The van der Waals surface area contributed by atoms with Crippen molar-refractivity contribution in [2.24, 2.45) is 0 Å². The number of rotatable bonds is 7. The van der Waals surface area contributed by atoms with Crippen molar-refractivity contribution in [3.8, 4) is 5.75 Å². The fourth-order valence-electron chi connectivity index (χ4n) is 3.12. The monoisotopic (exact) mass is 476 g/mol. The first-order valence-electron chi connectivity index (χ1n) is 9.26. The minimum atomic E-state index is -4.93. The molecule has 0 bridgehead atoms. The van der Waals surface area contributed by atoms with E-state index in [2.05, 4.69) is 20.0 Å². The lowest BCUT2D eigenvalue weighted by atomic mass is 10.1. The zero-order chi connectivity index (χ0) is 23.3. The van der Waals surface area contributed by atoms with Gasteiger partial charge < -0.3 is 14.8 Å². The van der Waals surface area contributed by atoms with Gasteiger partial charge in [0.1, 0.15) is 18.1 Å². The molecule has 0 spiro atoms. The van der Waals surface area contributed by atoms with Crippen LogP contribution in [0.4, 0.5) is 23.2 Å². The van der Waals surface area contributed by atoms with E-state index in [1.54, 1.807) is 0 Å². The van der Waals surface area contributed by atoms with Gasteiger partial charge in [0.15, 0.2) is 0 Å². The second kappa shape index (κ2) is 10.1. The molecule has 1 aromatic heterocycles. The van der Waals surface area contributed by atoms with Gasteiger partial charge in [-0.1, -0.05) is 11.6 Å². The van der Waals surface area contributed by atoms with E-state index in [9.17, 15) is 27.2 Å². The normalized spacial score (nSPS) is 18.0. The Bertz CT molecular complexity index is 925. The van der Waals surface area contributed by atoms with E-state index < -0.39 is 35.6 Å². The molecule has 0 saturated carbocycles. The highest BCUT2D eigenvalue weighted by Gasteiger charge is 2.37. The number of nitrogens with one attached hydrogen (secondary N) is 1. The molecule has 2 heterocycles. The zero-order valence-electron chi connectivity index (χ0n) is 16.3. The highest BCUT2D eigenvalue weighted by molar-refractivity contribution is 6.32. The maximum absolute atomic E-state index is 13.9. The van der Waals surface area contributed by atoms with Crippen molar-refractivity contribution in [1.82, 2.24) is 15.3 Å². The standard InChI is InChI=1S/C19H17ClF4N4O4/c20-16(21)18(30)28(13-1-3-14(4-2-13)32-19(22,23)24)15(11-7-25-10-26-8-11)17(29)27-12-5-6-31-9-12/h1-4,7-8,10,12,15-16H,5-6,9H2,(H,27,29)/t12-,15+,16-/m0/s1. The number of aromatic nitrogens is 2. The van der Waals surface area contributed by atoms with Crippen LogP contribution in [0.15, 0.2) is 43.0 Å². The molecule has 1 N–H and O–H groups in total. The Labute approximate surface area is 184 Å². The average Bonchev–Trinajstić information content (AvgIpc) is 3.24. The minimum Gasteiger partial charge on any atom is -0.406 e. The molecule has 0 radical (unpaired) electrons. The van der Waals surface area contributed by atoms with Crippen molar-refractivity contribution in [1.29, 1.82) is 0 Å². The first-order chi connectivity index (χ1) is 15.2. The maximum atomic E-state index is 13.9. The molecule has 32 heavy (non-hydrogen) atoms. The second-order valence-electron chi connectivity index (χ2n) is 6.69. The molecule has 2 amide bonds. The number of amides is 2. The predicted octanol–water partition coefficient (Wildman–Crippen LogP) is 2.89. The summed E-state index contributed by atoms with van der Waals surface area (Å²) in [6, 6.07) is 2.18. The van der Waals surface area contributed by atoms with Gasteiger partial charge in [0.2, 0.25) is 5.91 Å².